The summed E-state index contributed by atoms with van der Waals surface area (Å²) in [5.74, 6) is 2.03. The number of hydrogen-bond donors (Lipinski definition) is 1. The number of rotatable bonds is 7. The van der Waals surface area contributed by atoms with Gasteiger partial charge in [-0.05, 0) is 36.7 Å². The lowest BCUT2D eigenvalue weighted by atomic mass is 10.2. The molecule has 4 heteroatoms. The third-order valence-corrected chi connectivity index (χ3v) is 2.78. The highest BCUT2D eigenvalue weighted by molar-refractivity contribution is 5.23. The summed E-state index contributed by atoms with van der Waals surface area (Å²) in [5, 5.41) is 3.30. The molecule has 1 N–H and O–H groups in total. The van der Waals surface area contributed by atoms with Gasteiger partial charge in [-0.3, -0.25) is 0 Å². The van der Waals surface area contributed by atoms with Gasteiger partial charge < -0.3 is 14.5 Å². The van der Waals surface area contributed by atoms with Gasteiger partial charge in [-0.2, -0.15) is 0 Å². The van der Waals surface area contributed by atoms with Crippen LogP contribution in [0.15, 0.2) is 40.8 Å². The molecule has 2 rings (SSSR count). The van der Waals surface area contributed by atoms with Gasteiger partial charge in [0.2, 0.25) is 0 Å². The molecule has 0 atom stereocenters. The molecule has 1 aromatic heterocycles. The number of hydrogen-bond acceptors (Lipinski definition) is 3. The Balaban J connectivity index is 1.82. The number of para-hydroxylation sites is 1. The Kier molecular flexibility index (Phi) is 5.18. The molecule has 2 aromatic rings. The highest BCUT2D eigenvalue weighted by atomic mass is 19.1. The maximum Gasteiger partial charge on any atom is 0.165 e. The van der Waals surface area contributed by atoms with Crippen molar-refractivity contribution in [2.24, 2.45) is 5.92 Å². The van der Waals surface area contributed by atoms with Crippen LogP contribution in [0.3, 0.4) is 0 Å². The van der Waals surface area contributed by atoms with Crippen LogP contribution in [-0.4, -0.2) is 6.54 Å². The Morgan fingerprint density at radius 3 is 2.65 bits per heavy atom. The van der Waals surface area contributed by atoms with Crippen molar-refractivity contribution < 1.29 is 13.5 Å². The number of halogens is 1. The van der Waals surface area contributed by atoms with Crippen LogP contribution < -0.4 is 10.1 Å². The standard InChI is InChI=1S/C16H20FNO2/c1-12(2)9-18-10-13-7-8-14(20-13)11-19-16-6-4-3-5-15(16)17/h3-8,12,18H,9-11H2,1-2H3. The van der Waals surface area contributed by atoms with E-state index in [0.717, 1.165) is 12.3 Å². The van der Waals surface area contributed by atoms with E-state index in [1.807, 2.05) is 12.1 Å². The lowest BCUT2D eigenvalue weighted by Gasteiger charge is -2.06. The van der Waals surface area contributed by atoms with E-state index >= 15 is 0 Å². The minimum absolute atomic E-state index is 0.227. The summed E-state index contributed by atoms with van der Waals surface area (Å²) >= 11 is 0. The van der Waals surface area contributed by atoms with Crippen molar-refractivity contribution in [3.05, 3.63) is 53.7 Å². The molecule has 0 aliphatic carbocycles. The lowest BCUT2D eigenvalue weighted by molar-refractivity contribution is 0.254. The van der Waals surface area contributed by atoms with Crippen molar-refractivity contribution in [2.45, 2.75) is 27.0 Å². The van der Waals surface area contributed by atoms with Crippen molar-refractivity contribution in [3.63, 3.8) is 0 Å². The van der Waals surface area contributed by atoms with Crippen LogP contribution in [0.4, 0.5) is 4.39 Å². The summed E-state index contributed by atoms with van der Waals surface area (Å²) in [5.41, 5.74) is 0. The molecular formula is C16H20FNO2. The van der Waals surface area contributed by atoms with E-state index in [1.165, 1.54) is 6.07 Å². The quantitative estimate of drug-likeness (QED) is 0.837. The van der Waals surface area contributed by atoms with E-state index in [-0.39, 0.29) is 18.2 Å². The Bertz CT molecular complexity index is 537. The van der Waals surface area contributed by atoms with Gasteiger partial charge in [0.15, 0.2) is 11.6 Å². The predicted molar refractivity (Wildman–Crippen MR) is 76.0 cm³/mol. The second-order valence-electron chi connectivity index (χ2n) is 5.11. The number of ether oxygens (including phenoxy) is 1. The van der Waals surface area contributed by atoms with Gasteiger partial charge in [-0.15, -0.1) is 0 Å². The molecule has 0 spiro atoms. The van der Waals surface area contributed by atoms with Crippen LogP contribution in [0.1, 0.15) is 25.4 Å². The van der Waals surface area contributed by atoms with Crippen LogP contribution in [0.5, 0.6) is 5.75 Å². The topological polar surface area (TPSA) is 34.4 Å². The van der Waals surface area contributed by atoms with Crippen LogP contribution >= 0.6 is 0 Å². The molecular weight excluding hydrogens is 257 g/mol. The molecule has 0 fully saturated rings. The first kappa shape index (κ1) is 14.6. The van der Waals surface area contributed by atoms with Crippen molar-refractivity contribution >= 4 is 0 Å². The first-order chi connectivity index (χ1) is 9.65. The Labute approximate surface area is 118 Å². The lowest BCUT2D eigenvalue weighted by Crippen LogP contribution is -2.18. The second kappa shape index (κ2) is 7.10. The largest absolute Gasteiger partial charge is 0.483 e. The third-order valence-electron chi connectivity index (χ3n) is 2.78. The molecule has 1 aromatic carbocycles. The Morgan fingerprint density at radius 2 is 1.90 bits per heavy atom. The van der Waals surface area contributed by atoms with E-state index in [2.05, 4.69) is 19.2 Å². The van der Waals surface area contributed by atoms with E-state index in [1.54, 1.807) is 18.2 Å². The monoisotopic (exact) mass is 277 g/mol. The molecule has 3 nitrogen and oxygen atoms in total. The molecule has 0 saturated carbocycles. The molecule has 0 aliphatic heterocycles. The minimum atomic E-state index is -0.363. The highest BCUT2D eigenvalue weighted by Crippen LogP contribution is 2.18. The number of benzene rings is 1. The van der Waals surface area contributed by atoms with E-state index in [0.29, 0.717) is 18.2 Å². The summed E-state index contributed by atoms with van der Waals surface area (Å²) in [7, 11) is 0. The normalized spacial score (nSPS) is 11.0. The van der Waals surface area contributed by atoms with Gasteiger partial charge in [0, 0.05) is 0 Å². The highest BCUT2D eigenvalue weighted by Gasteiger charge is 2.06. The first-order valence-electron chi connectivity index (χ1n) is 6.81. The van der Waals surface area contributed by atoms with E-state index in [9.17, 15) is 4.39 Å². The molecule has 20 heavy (non-hydrogen) atoms. The Hall–Kier alpha value is -1.81. The molecule has 0 amide bonds. The fraction of sp³-hybridized carbons (Fsp3) is 0.375. The zero-order valence-corrected chi connectivity index (χ0v) is 11.9. The molecule has 0 radical (unpaired) electrons. The van der Waals surface area contributed by atoms with Gasteiger partial charge >= 0.3 is 0 Å². The summed E-state index contributed by atoms with van der Waals surface area (Å²) in [6.45, 7) is 6.18. The van der Waals surface area contributed by atoms with Crippen LogP contribution in [0.25, 0.3) is 0 Å². The van der Waals surface area contributed by atoms with Gasteiger partial charge in [0.25, 0.3) is 0 Å². The Morgan fingerprint density at radius 1 is 1.15 bits per heavy atom. The molecule has 0 aliphatic rings. The summed E-state index contributed by atoms with van der Waals surface area (Å²) in [6, 6.07) is 10.1. The first-order valence-corrected chi connectivity index (χ1v) is 6.81. The van der Waals surface area contributed by atoms with Gasteiger partial charge in [-0.25, -0.2) is 4.39 Å². The van der Waals surface area contributed by atoms with Crippen LogP contribution in [-0.2, 0) is 13.2 Å². The maximum atomic E-state index is 13.4. The molecule has 0 bridgehead atoms. The zero-order valence-electron chi connectivity index (χ0n) is 11.9. The molecule has 0 unspecified atom stereocenters. The summed E-state index contributed by atoms with van der Waals surface area (Å²) in [6.07, 6.45) is 0. The SMILES string of the molecule is CC(C)CNCc1ccc(COc2ccccc2F)o1. The number of nitrogens with one attached hydrogen (secondary N) is 1. The summed E-state index contributed by atoms with van der Waals surface area (Å²) < 4.78 is 24.4. The fourth-order valence-electron chi connectivity index (χ4n) is 1.79. The predicted octanol–water partition coefficient (Wildman–Crippen LogP) is 3.74. The summed E-state index contributed by atoms with van der Waals surface area (Å²) in [4.78, 5) is 0. The minimum Gasteiger partial charge on any atom is -0.483 e. The van der Waals surface area contributed by atoms with Gasteiger partial charge in [0.05, 0.1) is 6.54 Å². The van der Waals surface area contributed by atoms with Gasteiger partial charge in [-0.1, -0.05) is 26.0 Å². The van der Waals surface area contributed by atoms with Crippen molar-refractivity contribution in [2.75, 3.05) is 6.54 Å². The molecule has 108 valence electrons. The van der Waals surface area contributed by atoms with Crippen LogP contribution in [0, 0.1) is 11.7 Å². The molecule has 0 saturated heterocycles. The third kappa shape index (κ3) is 4.38. The maximum absolute atomic E-state index is 13.4. The van der Waals surface area contributed by atoms with Gasteiger partial charge in [0.1, 0.15) is 18.1 Å². The number of furan rings is 1. The average molecular weight is 277 g/mol. The van der Waals surface area contributed by atoms with E-state index < -0.39 is 0 Å². The zero-order chi connectivity index (χ0) is 14.4. The van der Waals surface area contributed by atoms with Crippen molar-refractivity contribution in [1.82, 2.24) is 5.32 Å². The molecule has 1 heterocycles. The smallest absolute Gasteiger partial charge is 0.165 e. The van der Waals surface area contributed by atoms with Crippen molar-refractivity contribution in [1.29, 1.82) is 0 Å². The van der Waals surface area contributed by atoms with Crippen molar-refractivity contribution in [3.8, 4) is 5.75 Å². The van der Waals surface area contributed by atoms with E-state index in [4.69, 9.17) is 9.15 Å². The second-order valence-corrected chi connectivity index (χ2v) is 5.11. The average Bonchev–Trinajstić information content (AvgIpc) is 2.85. The fourth-order valence-corrected chi connectivity index (χ4v) is 1.79. The van der Waals surface area contributed by atoms with Crippen LogP contribution in [0.2, 0.25) is 0 Å².